The zero-order valence-electron chi connectivity index (χ0n) is 13.6. The van der Waals surface area contributed by atoms with Crippen LogP contribution in [0.15, 0.2) is 24.3 Å². The van der Waals surface area contributed by atoms with E-state index in [1.165, 1.54) is 4.90 Å². The van der Waals surface area contributed by atoms with Gasteiger partial charge >= 0.3 is 5.97 Å². The van der Waals surface area contributed by atoms with E-state index in [1.807, 2.05) is 0 Å². The van der Waals surface area contributed by atoms with Gasteiger partial charge in [0.25, 0.3) is 5.91 Å². The smallest absolute Gasteiger partial charge is 0.326 e. The predicted molar refractivity (Wildman–Crippen MR) is 87.2 cm³/mol. The Morgan fingerprint density at radius 1 is 1.25 bits per heavy atom. The molecule has 2 aliphatic heterocycles. The van der Waals surface area contributed by atoms with Crippen LogP contribution in [-0.4, -0.2) is 53.8 Å². The molecule has 1 amide bonds. The van der Waals surface area contributed by atoms with E-state index in [2.05, 4.69) is 0 Å². The van der Waals surface area contributed by atoms with Crippen LogP contribution in [0, 0.1) is 0 Å². The maximum atomic E-state index is 12.7. The van der Waals surface area contributed by atoms with Gasteiger partial charge in [0.1, 0.15) is 18.4 Å². The second-order valence-corrected chi connectivity index (χ2v) is 6.32. The third-order valence-corrected chi connectivity index (χ3v) is 4.59. The molecule has 0 radical (unpaired) electrons. The lowest BCUT2D eigenvalue weighted by Gasteiger charge is -2.33. The van der Waals surface area contributed by atoms with Crippen LogP contribution in [0.3, 0.4) is 0 Å². The number of likely N-dealkylation sites (tertiary alicyclic amines) is 1. The van der Waals surface area contributed by atoms with Gasteiger partial charge in [-0.2, -0.15) is 0 Å². The first kappa shape index (κ1) is 16.8. The minimum Gasteiger partial charge on any atom is -0.491 e. The third-order valence-electron chi connectivity index (χ3n) is 4.59. The molecule has 24 heavy (non-hydrogen) atoms. The van der Waals surface area contributed by atoms with Gasteiger partial charge in [-0.1, -0.05) is 6.07 Å². The first-order valence-corrected chi connectivity index (χ1v) is 8.53. The number of ether oxygens (including phenoxy) is 2. The highest BCUT2D eigenvalue weighted by Gasteiger charge is 2.32. The molecule has 0 bridgehead atoms. The average molecular weight is 333 g/mol. The summed E-state index contributed by atoms with van der Waals surface area (Å²) >= 11 is 0. The monoisotopic (exact) mass is 333 g/mol. The lowest BCUT2D eigenvalue weighted by Crippen LogP contribution is -2.47. The molecule has 6 nitrogen and oxygen atoms in total. The first-order chi connectivity index (χ1) is 11.6. The zero-order chi connectivity index (χ0) is 16.9. The molecule has 2 heterocycles. The Hall–Kier alpha value is -2.08. The maximum Gasteiger partial charge on any atom is 0.326 e. The molecule has 0 saturated carbocycles. The normalized spacial score (nSPS) is 23.9. The molecule has 3 rings (SSSR count). The van der Waals surface area contributed by atoms with Gasteiger partial charge in [-0.3, -0.25) is 4.79 Å². The van der Waals surface area contributed by atoms with Crippen molar-refractivity contribution >= 4 is 11.9 Å². The number of hydrogen-bond acceptors (Lipinski definition) is 4. The number of aliphatic carboxylic acids is 1. The van der Waals surface area contributed by atoms with E-state index in [4.69, 9.17) is 9.47 Å². The van der Waals surface area contributed by atoms with E-state index >= 15 is 0 Å². The fraction of sp³-hybridized carbons (Fsp3) is 0.556. The van der Waals surface area contributed by atoms with Gasteiger partial charge in [-0.05, 0) is 50.3 Å². The summed E-state index contributed by atoms with van der Waals surface area (Å²) in [4.78, 5) is 25.6. The summed E-state index contributed by atoms with van der Waals surface area (Å²) in [5.41, 5.74) is 0.466. The number of nitrogens with zero attached hydrogens (tertiary/aromatic N) is 1. The minimum absolute atomic E-state index is 0.114. The Kier molecular flexibility index (Phi) is 5.35. The SMILES string of the molecule is O=C(O)[C@H]1CCCCN1C(=O)c1cccc(OCC2CCCO2)c1. The van der Waals surface area contributed by atoms with Gasteiger partial charge in [-0.15, -0.1) is 0 Å². The number of carboxylic acid groups (broad SMARTS) is 1. The topological polar surface area (TPSA) is 76.1 Å². The molecule has 2 aliphatic rings. The molecule has 1 unspecified atom stereocenters. The van der Waals surface area contributed by atoms with Gasteiger partial charge in [0, 0.05) is 18.7 Å². The van der Waals surface area contributed by atoms with E-state index in [9.17, 15) is 14.7 Å². The van der Waals surface area contributed by atoms with E-state index in [0.717, 1.165) is 32.3 Å². The number of carbonyl (C=O) groups is 2. The molecule has 2 atom stereocenters. The molecular weight excluding hydrogens is 310 g/mol. The Bertz CT molecular complexity index is 597. The Morgan fingerprint density at radius 2 is 2.12 bits per heavy atom. The summed E-state index contributed by atoms with van der Waals surface area (Å²) in [6.45, 7) is 1.73. The Morgan fingerprint density at radius 3 is 2.88 bits per heavy atom. The van der Waals surface area contributed by atoms with Gasteiger partial charge in [0.15, 0.2) is 0 Å². The van der Waals surface area contributed by atoms with Crippen molar-refractivity contribution in [1.29, 1.82) is 0 Å². The lowest BCUT2D eigenvalue weighted by molar-refractivity contribution is -0.143. The summed E-state index contributed by atoms with van der Waals surface area (Å²) in [5, 5.41) is 9.33. The van der Waals surface area contributed by atoms with E-state index in [-0.39, 0.29) is 12.0 Å². The number of carboxylic acids is 1. The van der Waals surface area contributed by atoms with E-state index in [0.29, 0.717) is 30.9 Å². The van der Waals surface area contributed by atoms with Crippen molar-refractivity contribution in [3.8, 4) is 5.75 Å². The maximum absolute atomic E-state index is 12.7. The highest BCUT2D eigenvalue weighted by Crippen LogP contribution is 2.22. The second kappa shape index (κ2) is 7.66. The van der Waals surface area contributed by atoms with Crippen molar-refractivity contribution in [3.63, 3.8) is 0 Å². The summed E-state index contributed by atoms with van der Waals surface area (Å²) in [6, 6.07) is 6.22. The van der Waals surface area contributed by atoms with Crippen molar-refractivity contribution in [2.24, 2.45) is 0 Å². The number of benzene rings is 1. The van der Waals surface area contributed by atoms with Crippen molar-refractivity contribution in [2.75, 3.05) is 19.8 Å². The molecule has 0 aliphatic carbocycles. The summed E-state index contributed by atoms with van der Waals surface area (Å²) in [7, 11) is 0. The van der Waals surface area contributed by atoms with Crippen molar-refractivity contribution in [2.45, 2.75) is 44.2 Å². The molecule has 130 valence electrons. The van der Waals surface area contributed by atoms with Crippen LogP contribution in [0.2, 0.25) is 0 Å². The van der Waals surface area contributed by atoms with Crippen molar-refractivity contribution in [1.82, 2.24) is 4.90 Å². The number of piperidine rings is 1. The van der Waals surface area contributed by atoms with Crippen LogP contribution in [-0.2, 0) is 9.53 Å². The molecule has 2 fully saturated rings. The van der Waals surface area contributed by atoms with Crippen LogP contribution in [0.4, 0.5) is 0 Å². The van der Waals surface area contributed by atoms with Crippen LogP contribution < -0.4 is 4.74 Å². The van der Waals surface area contributed by atoms with E-state index in [1.54, 1.807) is 24.3 Å². The largest absolute Gasteiger partial charge is 0.491 e. The highest BCUT2D eigenvalue weighted by molar-refractivity contribution is 5.97. The van der Waals surface area contributed by atoms with Crippen molar-refractivity contribution < 1.29 is 24.2 Å². The summed E-state index contributed by atoms with van der Waals surface area (Å²) < 4.78 is 11.3. The second-order valence-electron chi connectivity index (χ2n) is 6.32. The molecule has 0 aromatic heterocycles. The van der Waals surface area contributed by atoms with Crippen LogP contribution >= 0.6 is 0 Å². The van der Waals surface area contributed by atoms with Crippen LogP contribution in [0.25, 0.3) is 0 Å². The molecule has 1 aromatic rings. The standard InChI is InChI=1S/C18H23NO5/c20-17(19-9-2-1-8-16(19)18(21)22)13-5-3-6-14(11-13)24-12-15-7-4-10-23-15/h3,5-6,11,15-16H,1-2,4,7-10,12H2,(H,21,22)/t15?,16-/m1/s1. The number of carbonyl (C=O) groups excluding carboxylic acids is 1. The Balaban J connectivity index is 1.67. The van der Waals surface area contributed by atoms with E-state index < -0.39 is 12.0 Å². The molecule has 6 heteroatoms. The number of hydrogen-bond donors (Lipinski definition) is 1. The first-order valence-electron chi connectivity index (χ1n) is 8.53. The van der Waals surface area contributed by atoms with Gasteiger partial charge in [0.2, 0.25) is 0 Å². The Labute approximate surface area is 141 Å². The van der Waals surface area contributed by atoms with Gasteiger partial charge in [0.05, 0.1) is 6.10 Å². The third kappa shape index (κ3) is 3.87. The molecular formula is C18H23NO5. The van der Waals surface area contributed by atoms with Crippen molar-refractivity contribution in [3.05, 3.63) is 29.8 Å². The zero-order valence-corrected chi connectivity index (χ0v) is 13.6. The van der Waals surface area contributed by atoms with Crippen LogP contribution in [0.5, 0.6) is 5.75 Å². The molecule has 1 aromatic carbocycles. The number of amides is 1. The lowest BCUT2D eigenvalue weighted by atomic mass is 10.0. The molecule has 0 spiro atoms. The highest BCUT2D eigenvalue weighted by atomic mass is 16.5. The van der Waals surface area contributed by atoms with Gasteiger partial charge in [-0.25, -0.2) is 4.79 Å². The summed E-state index contributed by atoms with van der Waals surface area (Å²) in [6.07, 6.45) is 4.35. The van der Waals surface area contributed by atoms with Gasteiger partial charge < -0.3 is 19.5 Å². The fourth-order valence-electron chi connectivity index (χ4n) is 3.28. The molecule has 2 saturated heterocycles. The van der Waals surface area contributed by atoms with Crippen LogP contribution in [0.1, 0.15) is 42.5 Å². The predicted octanol–water partition coefficient (Wildman–Crippen LogP) is 2.32. The summed E-state index contributed by atoms with van der Waals surface area (Å²) in [5.74, 6) is -0.571. The fourth-order valence-corrected chi connectivity index (χ4v) is 3.28. The minimum atomic E-state index is -0.936. The quantitative estimate of drug-likeness (QED) is 0.895. The number of rotatable bonds is 5. The molecule has 1 N–H and O–H groups in total. The average Bonchev–Trinajstić information content (AvgIpc) is 3.13.